The van der Waals surface area contributed by atoms with Gasteiger partial charge >= 0.3 is 0 Å². The van der Waals surface area contributed by atoms with Crippen LogP contribution in [-0.2, 0) is 0 Å². The van der Waals surface area contributed by atoms with Crippen molar-refractivity contribution in [3.8, 4) is 11.5 Å². The van der Waals surface area contributed by atoms with Gasteiger partial charge in [-0.1, -0.05) is 19.1 Å². The fraction of sp³-hybridized carbons (Fsp3) is 0.222. The molecule has 0 bridgehead atoms. The Morgan fingerprint density at radius 1 is 1.45 bits per heavy atom. The van der Waals surface area contributed by atoms with Crippen LogP contribution in [0.2, 0.25) is 0 Å². The zero-order chi connectivity index (χ0) is 8.10. The third kappa shape index (κ3) is 2.15. The Labute approximate surface area is 66.4 Å². The first-order chi connectivity index (χ1) is 5.34. The van der Waals surface area contributed by atoms with E-state index in [9.17, 15) is 5.11 Å². The molecule has 1 rings (SSSR count). The predicted molar refractivity (Wildman–Crippen MR) is 43.6 cm³/mol. The number of phenolic OH excluding ortho intramolecular Hbond substituents is 1. The monoisotopic (exact) mass is 151 g/mol. The van der Waals surface area contributed by atoms with E-state index in [1.165, 1.54) is 0 Å². The van der Waals surface area contributed by atoms with Crippen LogP contribution in [0, 0.1) is 6.42 Å². The molecule has 0 unspecified atom stereocenters. The quantitative estimate of drug-likeness (QED) is 0.715. The Morgan fingerprint density at radius 2 is 2.18 bits per heavy atom. The Balaban J connectivity index is 2.62. The lowest BCUT2D eigenvalue weighted by molar-refractivity contribution is 0.326. The van der Waals surface area contributed by atoms with Crippen LogP contribution in [-0.4, -0.2) is 11.7 Å². The summed E-state index contributed by atoms with van der Waals surface area (Å²) in [6, 6.07) is 6.92. The fourth-order valence-electron chi connectivity index (χ4n) is 0.752. The molecule has 1 aromatic rings. The van der Waals surface area contributed by atoms with Gasteiger partial charge in [0.2, 0.25) is 0 Å². The van der Waals surface area contributed by atoms with Crippen LogP contribution in [0.1, 0.15) is 6.92 Å². The minimum absolute atomic E-state index is 0.189. The number of phenols is 1. The van der Waals surface area contributed by atoms with Crippen molar-refractivity contribution in [2.24, 2.45) is 0 Å². The number of para-hydroxylation sites is 2. The summed E-state index contributed by atoms with van der Waals surface area (Å²) < 4.78 is 5.18. The van der Waals surface area contributed by atoms with Crippen LogP contribution in [0.5, 0.6) is 11.5 Å². The first kappa shape index (κ1) is 7.92. The summed E-state index contributed by atoms with van der Waals surface area (Å²) >= 11 is 0. The van der Waals surface area contributed by atoms with Gasteiger partial charge in [-0.15, -0.1) is 0 Å². The van der Waals surface area contributed by atoms with E-state index < -0.39 is 0 Å². The van der Waals surface area contributed by atoms with Gasteiger partial charge in [-0.05, 0) is 18.6 Å². The molecule has 59 valence electrons. The largest absolute Gasteiger partial charge is 0.504 e. The average Bonchev–Trinajstić information content (AvgIpc) is 2.03. The molecule has 0 atom stereocenters. The van der Waals surface area contributed by atoms with Crippen molar-refractivity contribution in [2.45, 2.75) is 6.92 Å². The zero-order valence-electron chi connectivity index (χ0n) is 6.45. The second-order valence-corrected chi connectivity index (χ2v) is 2.19. The number of aromatic hydroxyl groups is 1. The topological polar surface area (TPSA) is 29.5 Å². The van der Waals surface area contributed by atoms with Gasteiger partial charge < -0.3 is 9.84 Å². The van der Waals surface area contributed by atoms with Crippen molar-refractivity contribution >= 4 is 0 Å². The molecule has 0 amide bonds. The molecule has 0 aromatic heterocycles. The molecule has 11 heavy (non-hydrogen) atoms. The normalized spacial score (nSPS) is 9.55. The molecule has 1 aromatic carbocycles. The minimum Gasteiger partial charge on any atom is -0.504 e. The number of ether oxygens (including phenoxy) is 1. The van der Waals surface area contributed by atoms with Crippen LogP contribution in [0.15, 0.2) is 24.3 Å². The third-order valence-electron chi connectivity index (χ3n) is 1.27. The van der Waals surface area contributed by atoms with E-state index in [1.54, 1.807) is 18.2 Å². The van der Waals surface area contributed by atoms with Gasteiger partial charge in [-0.3, -0.25) is 0 Å². The van der Waals surface area contributed by atoms with Crippen LogP contribution >= 0.6 is 0 Å². The van der Waals surface area contributed by atoms with Crippen molar-refractivity contribution in [1.82, 2.24) is 0 Å². The van der Waals surface area contributed by atoms with E-state index in [2.05, 4.69) is 0 Å². The van der Waals surface area contributed by atoms with E-state index in [0.717, 1.165) is 0 Å². The van der Waals surface area contributed by atoms with E-state index in [0.29, 0.717) is 12.4 Å². The SMILES string of the molecule is C[CH]COc1ccccc1O. The molecular weight excluding hydrogens is 140 g/mol. The minimum atomic E-state index is 0.189. The lowest BCUT2D eigenvalue weighted by atomic mass is 10.3. The highest BCUT2D eigenvalue weighted by atomic mass is 16.5. The summed E-state index contributed by atoms with van der Waals surface area (Å²) in [4.78, 5) is 0. The lowest BCUT2D eigenvalue weighted by Gasteiger charge is -2.04. The van der Waals surface area contributed by atoms with Crippen LogP contribution in [0.3, 0.4) is 0 Å². The summed E-state index contributed by atoms with van der Waals surface area (Å²) in [7, 11) is 0. The van der Waals surface area contributed by atoms with Gasteiger partial charge in [-0.25, -0.2) is 0 Å². The summed E-state index contributed by atoms with van der Waals surface area (Å²) in [6.45, 7) is 2.43. The Bertz CT molecular complexity index is 221. The molecule has 0 aliphatic carbocycles. The van der Waals surface area contributed by atoms with Crippen molar-refractivity contribution in [3.05, 3.63) is 30.7 Å². The molecule has 0 heterocycles. The van der Waals surface area contributed by atoms with Crippen LogP contribution in [0.25, 0.3) is 0 Å². The van der Waals surface area contributed by atoms with Gasteiger partial charge in [0, 0.05) is 0 Å². The molecule has 0 aliphatic rings. The van der Waals surface area contributed by atoms with E-state index >= 15 is 0 Å². The van der Waals surface area contributed by atoms with Gasteiger partial charge in [0.05, 0.1) is 6.61 Å². The molecule has 1 N–H and O–H groups in total. The summed E-state index contributed by atoms with van der Waals surface area (Å²) in [5.41, 5.74) is 0. The molecule has 2 nitrogen and oxygen atoms in total. The highest BCUT2D eigenvalue weighted by Gasteiger charge is 1.97. The summed E-state index contributed by atoms with van der Waals surface area (Å²) in [6.07, 6.45) is 1.88. The van der Waals surface area contributed by atoms with Crippen molar-refractivity contribution in [3.63, 3.8) is 0 Å². The molecular formula is C9H11O2. The van der Waals surface area contributed by atoms with Gasteiger partial charge in [0.25, 0.3) is 0 Å². The van der Waals surface area contributed by atoms with Crippen LogP contribution < -0.4 is 4.74 Å². The maximum Gasteiger partial charge on any atom is 0.160 e. The van der Waals surface area contributed by atoms with Gasteiger partial charge in [0.15, 0.2) is 11.5 Å². The van der Waals surface area contributed by atoms with E-state index in [4.69, 9.17) is 4.74 Å². The highest BCUT2D eigenvalue weighted by Crippen LogP contribution is 2.23. The molecule has 0 aliphatic heterocycles. The second-order valence-electron chi connectivity index (χ2n) is 2.19. The molecule has 0 spiro atoms. The first-order valence-electron chi connectivity index (χ1n) is 3.53. The molecule has 2 heteroatoms. The lowest BCUT2D eigenvalue weighted by Crippen LogP contribution is -1.95. The Morgan fingerprint density at radius 3 is 2.82 bits per heavy atom. The second kappa shape index (κ2) is 3.86. The van der Waals surface area contributed by atoms with E-state index in [-0.39, 0.29) is 5.75 Å². The zero-order valence-corrected chi connectivity index (χ0v) is 6.45. The smallest absolute Gasteiger partial charge is 0.160 e. The van der Waals surface area contributed by atoms with Crippen molar-refractivity contribution in [2.75, 3.05) is 6.61 Å². The molecule has 0 saturated carbocycles. The maximum atomic E-state index is 9.20. The molecule has 1 radical (unpaired) electrons. The number of benzene rings is 1. The van der Waals surface area contributed by atoms with Gasteiger partial charge in [0.1, 0.15) is 0 Å². The predicted octanol–water partition coefficient (Wildman–Crippen LogP) is 2.00. The molecule has 0 saturated heterocycles. The van der Waals surface area contributed by atoms with Gasteiger partial charge in [-0.2, -0.15) is 0 Å². The number of rotatable bonds is 3. The van der Waals surface area contributed by atoms with E-state index in [1.807, 2.05) is 19.4 Å². The highest BCUT2D eigenvalue weighted by molar-refractivity contribution is 5.37. The van der Waals surface area contributed by atoms with Crippen molar-refractivity contribution < 1.29 is 9.84 Å². The summed E-state index contributed by atoms with van der Waals surface area (Å²) in [5, 5.41) is 9.20. The van der Waals surface area contributed by atoms with Crippen LogP contribution in [0.4, 0.5) is 0 Å². The first-order valence-corrected chi connectivity index (χ1v) is 3.53. The third-order valence-corrected chi connectivity index (χ3v) is 1.27. The molecule has 0 fully saturated rings. The number of hydrogen-bond donors (Lipinski definition) is 1. The summed E-state index contributed by atoms with van der Waals surface area (Å²) in [5.74, 6) is 0.722. The Hall–Kier alpha value is -1.18. The average molecular weight is 151 g/mol. The van der Waals surface area contributed by atoms with Crippen molar-refractivity contribution in [1.29, 1.82) is 0 Å². The maximum absolute atomic E-state index is 9.20. The number of hydrogen-bond acceptors (Lipinski definition) is 2. The fourth-order valence-corrected chi connectivity index (χ4v) is 0.752. The standard InChI is InChI=1S/C9H11O2/c1-2-7-11-9-6-4-3-5-8(9)10/h2-6,10H,7H2,1H3. The Kier molecular flexibility index (Phi) is 2.78.